The number of nitrogens with one attached hydrogen (secondary N) is 1. The molecular formula is C14H18BrN5O. The summed E-state index contributed by atoms with van der Waals surface area (Å²) < 4.78 is 4.09. The van der Waals surface area contributed by atoms with Gasteiger partial charge < -0.3 is 9.88 Å². The average molecular weight is 352 g/mol. The molecule has 1 aliphatic rings. The Morgan fingerprint density at radius 1 is 1.48 bits per heavy atom. The van der Waals surface area contributed by atoms with Crippen molar-refractivity contribution < 1.29 is 0 Å². The van der Waals surface area contributed by atoms with Crippen LogP contribution in [0.15, 0.2) is 27.9 Å². The standard InChI is InChI=1S/C14H18BrN5O/c1-19-7-6-17-12(19)4-5-16-11-8-18-20(9-10-2-3-10)14(21)13(11)15/h6-8,10,16H,2-5,9H2,1H3. The Morgan fingerprint density at radius 3 is 2.95 bits per heavy atom. The highest BCUT2D eigenvalue weighted by molar-refractivity contribution is 9.10. The Morgan fingerprint density at radius 2 is 2.29 bits per heavy atom. The normalized spacial score (nSPS) is 14.4. The summed E-state index contributed by atoms with van der Waals surface area (Å²) >= 11 is 3.38. The van der Waals surface area contributed by atoms with Gasteiger partial charge in [-0.25, -0.2) is 9.67 Å². The lowest BCUT2D eigenvalue weighted by molar-refractivity contribution is 0.532. The fraction of sp³-hybridized carbons (Fsp3) is 0.500. The SMILES string of the molecule is Cn1ccnc1CCNc1cnn(CC2CC2)c(=O)c1Br. The van der Waals surface area contributed by atoms with Gasteiger partial charge in [0.05, 0.1) is 11.9 Å². The van der Waals surface area contributed by atoms with E-state index in [9.17, 15) is 4.79 Å². The fourth-order valence-electron chi connectivity index (χ4n) is 2.21. The van der Waals surface area contributed by atoms with Crippen LogP contribution < -0.4 is 10.9 Å². The lowest BCUT2D eigenvalue weighted by atomic mass is 10.3. The Hall–Kier alpha value is -1.63. The van der Waals surface area contributed by atoms with E-state index >= 15 is 0 Å². The topological polar surface area (TPSA) is 64.7 Å². The van der Waals surface area contributed by atoms with Crippen molar-refractivity contribution in [1.82, 2.24) is 19.3 Å². The first-order chi connectivity index (χ1) is 10.1. The number of aryl methyl sites for hydroxylation is 1. The van der Waals surface area contributed by atoms with Crippen LogP contribution in [0.1, 0.15) is 18.7 Å². The number of rotatable bonds is 6. The maximum absolute atomic E-state index is 12.2. The molecule has 1 aliphatic carbocycles. The van der Waals surface area contributed by atoms with E-state index < -0.39 is 0 Å². The van der Waals surface area contributed by atoms with Crippen LogP contribution in [-0.4, -0.2) is 25.9 Å². The molecule has 0 atom stereocenters. The molecule has 3 rings (SSSR count). The summed E-state index contributed by atoms with van der Waals surface area (Å²) in [7, 11) is 1.97. The second kappa shape index (κ2) is 6.01. The quantitative estimate of drug-likeness (QED) is 0.861. The van der Waals surface area contributed by atoms with Gasteiger partial charge in [-0.2, -0.15) is 5.10 Å². The summed E-state index contributed by atoms with van der Waals surface area (Å²) in [6.07, 6.45) is 8.62. The maximum atomic E-state index is 12.2. The Balaban J connectivity index is 1.64. The molecule has 0 aliphatic heterocycles. The Kier molecular flexibility index (Phi) is 4.10. The van der Waals surface area contributed by atoms with Crippen molar-refractivity contribution in [2.75, 3.05) is 11.9 Å². The minimum atomic E-state index is -0.0658. The predicted molar refractivity (Wildman–Crippen MR) is 84.3 cm³/mol. The molecule has 0 radical (unpaired) electrons. The van der Waals surface area contributed by atoms with E-state index in [1.165, 1.54) is 12.8 Å². The third kappa shape index (κ3) is 3.34. The third-order valence-corrected chi connectivity index (χ3v) is 4.46. The van der Waals surface area contributed by atoms with Gasteiger partial charge in [-0.15, -0.1) is 0 Å². The van der Waals surface area contributed by atoms with Crippen molar-refractivity contribution in [1.29, 1.82) is 0 Å². The first kappa shape index (κ1) is 14.3. The van der Waals surface area contributed by atoms with Gasteiger partial charge in [-0.1, -0.05) is 0 Å². The van der Waals surface area contributed by atoms with Gasteiger partial charge in [0, 0.05) is 39.0 Å². The van der Waals surface area contributed by atoms with Crippen LogP contribution >= 0.6 is 15.9 Å². The molecule has 0 saturated heterocycles. The summed E-state index contributed by atoms with van der Waals surface area (Å²) in [4.78, 5) is 16.5. The number of aromatic nitrogens is 4. The lowest BCUT2D eigenvalue weighted by Crippen LogP contribution is -2.25. The molecule has 2 aromatic heterocycles. The van der Waals surface area contributed by atoms with Crippen molar-refractivity contribution in [3.8, 4) is 0 Å². The van der Waals surface area contributed by atoms with Crippen molar-refractivity contribution >= 4 is 21.6 Å². The molecule has 112 valence electrons. The molecule has 1 fully saturated rings. The molecule has 0 aromatic carbocycles. The second-order valence-electron chi connectivity index (χ2n) is 5.43. The van der Waals surface area contributed by atoms with Crippen LogP contribution in [-0.2, 0) is 20.0 Å². The summed E-state index contributed by atoms with van der Waals surface area (Å²) in [6.45, 7) is 1.43. The van der Waals surface area contributed by atoms with Gasteiger partial charge in [0.15, 0.2) is 0 Å². The van der Waals surface area contributed by atoms with Gasteiger partial charge in [-0.05, 0) is 34.7 Å². The number of anilines is 1. The molecular weight excluding hydrogens is 334 g/mol. The molecule has 0 spiro atoms. The summed E-state index contributed by atoms with van der Waals surface area (Å²) in [5.74, 6) is 1.64. The summed E-state index contributed by atoms with van der Waals surface area (Å²) in [5, 5.41) is 7.48. The highest BCUT2D eigenvalue weighted by Gasteiger charge is 2.23. The average Bonchev–Trinajstić information content (AvgIpc) is 3.20. The number of imidazole rings is 1. The van der Waals surface area contributed by atoms with Crippen molar-refractivity contribution in [3.05, 3.63) is 39.2 Å². The maximum Gasteiger partial charge on any atom is 0.283 e. The van der Waals surface area contributed by atoms with Crippen molar-refractivity contribution in [3.63, 3.8) is 0 Å². The van der Waals surface area contributed by atoms with E-state index in [1.54, 1.807) is 17.1 Å². The number of hydrogen-bond acceptors (Lipinski definition) is 4. The van der Waals surface area contributed by atoms with E-state index in [0.717, 1.165) is 24.5 Å². The lowest BCUT2D eigenvalue weighted by Gasteiger charge is -2.10. The van der Waals surface area contributed by atoms with E-state index in [0.29, 0.717) is 16.9 Å². The van der Waals surface area contributed by atoms with Gasteiger partial charge in [-0.3, -0.25) is 4.79 Å². The number of nitrogens with zero attached hydrogens (tertiary/aromatic N) is 4. The number of hydrogen-bond donors (Lipinski definition) is 1. The first-order valence-electron chi connectivity index (χ1n) is 7.11. The van der Waals surface area contributed by atoms with Crippen LogP contribution in [0.5, 0.6) is 0 Å². The molecule has 2 heterocycles. The Labute approximate surface area is 131 Å². The van der Waals surface area contributed by atoms with Gasteiger partial charge >= 0.3 is 0 Å². The zero-order valence-electron chi connectivity index (χ0n) is 11.9. The highest BCUT2D eigenvalue weighted by Crippen LogP contribution is 2.30. The second-order valence-corrected chi connectivity index (χ2v) is 6.23. The molecule has 21 heavy (non-hydrogen) atoms. The van der Waals surface area contributed by atoms with Gasteiger partial charge in [0.1, 0.15) is 10.3 Å². The fourth-order valence-corrected chi connectivity index (χ4v) is 2.66. The molecule has 1 saturated carbocycles. The summed E-state index contributed by atoms with van der Waals surface area (Å²) in [6, 6.07) is 0. The molecule has 0 amide bonds. The zero-order valence-corrected chi connectivity index (χ0v) is 13.5. The van der Waals surface area contributed by atoms with E-state index in [-0.39, 0.29) is 5.56 Å². The molecule has 7 heteroatoms. The monoisotopic (exact) mass is 351 g/mol. The van der Waals surface area contributed by atoms with Crippen molar-refractivity contribution in [2.24, 2.45) is 13.0 Å². The van der Waals surface area contributed by atoms with Crippen LogP contribution in [0.4, 0.5) is 5.69 Å². The smallest absolute Gasteiger partial charge is 0.283 e. The van der Waals surface area contributed by atoms with E-state index in [2.05, 4.69) is 31.3 Å². The van der Waals surface area contributed by atoms with Gasteiger partial charge in [0.2, 0.25) is 0 Å². The number of halogens is 1. The largest absolute Gasteiger partial charge is 0.382 e. The van der Waals surface area contributed by atoms with Crippen molar-refractivity contribution in [2.45, 2.75) is 25.8 Å². The van der Waals surface area contributed by atoms with Crippen LogP contribution in [0, 0.1) is 5.92 Å². The van der Waals surface area contributed by atoms with E-state index in [4.69, 9.17) is 0 Å². The predicted octanol–water partition coefficient (Wildman–Crippen LogP) is 1.80. The van der Waals surface area contributed by atoms with E-state index in [1.807, 2.05) is 17.8 Å². The highest BCUT2D eigenvalue weighted by atomic mass is 79.9. The van der Waals surface area contributed by atoms with Gasteiger partial charge in [0.25, 0.3) is 5.56 Å². The third-order valence-electron chi connectivity index (χ3n) is 3.70. The first-order valence-corrected chi connectivity index (χ1v) is 7.90. The minimum Gasteiger partial charge on any atom is -0.382 e. The molecule has 1 N–H and O–H groups in total. The zero-order chi connectivity index (χ0) is 14.8. The molecule has 0 bridgehead atoms. The molecule has 6 nitrogen and oxygen atoms in total. The molecule has 0 unspecified atom stereocenters. The minimum absolute atomic E-state index is 0.0658. The van der Waals surface area contributed by atoms with Crippen LogP contribution in [0.3, 0.4) is 0 Å². The Bertz CT molecular complexity index is 689. The van der Waals surface area contributed by atoms with Crippen LogP contribution in [0.25, 0.3) is 0 Å². The van der Waals surface area contributed by atoms with Crippen LogP contribution in [0.2, 0.25) is 0 Å². The summed E-state index contributed by atoms with van der Waals surface area (Å²) in [5.41, 5.74) is 0.671. The molecule has 2 aromatic rings.